The molecule has 0 unspecified atom stereocenters. The fourth-order valence-corrected chi connectivity index (χ4v) is 1.75. The number of rotatable bonds is 5. The summed E-state index contributed by atoms with van der Waals surface area (Å²) in [5, 5.41) is 13.5. The Balaban J connectivity index is 1.90. The van der Waals surface area contributed by atoms with Crippen LogP contribution in [-0.2, 0) is 11.2 Å². The molecule has 1 amide bonds. The standard InChI is InChI=1S/C12H15N3O3/c13-12(6-7-12)11(16)14-8-5-9-3-1-2-4-10(9)15(17)18/h1-4H,5-8,13H2,(H,14,16). The molecular formula is C12H15N3O3. The summed E-state index contributed by atoms with van der Waals surface area (Å²) >= 11 is 0. The van der Waals surface area contributed by atoms with E-state index < -0.39 is 10.5 Å². The van der Waals surface area contributed by atoms with E-state index in [1.807, 2.05) is 0 Å². The van der Waals surface area contributed by atoms with Crippen molar-refractivity contribution in [3.63, 3.8) is 0 Å². The normalized spacial score (nSPS) is 16.1. The lowest BCUT2D eigenvalue weighted by Crippen LogP contribution is -2.43. The van der Waals surface area contributed by atoms with Gasteiger partial charge in [-0.1, -0.05) is 18.2 Å². The van der Waals surface area contributed by atoms with E-state index in [-0.39, 0.29) is 11.6 Å². The van der Waals surface area contributed by atoms with Crippen LogP contribution in [0.25, 0.3) is 0 Å². The first-order valence-corrected chi connectivity index (χ1v) is 5.82. The first-order chi connectivity index (χ1) is 8.53. The Labute approximate surface area is 104 Å². The SMILES string of the molecule is NC1(C(=O)NCCc2ccccc2[N+](=O)[O-])CC1. The van der Waals surface area contributed by atoms with Crippen molar-refractivity contribution in [2.24, 2.45) is 5.73 Å². The van der Waals surface area contributed by atoms with Crippen LogP contribution in [0.4, 0.5) is 5.69 Å². The van der Waals surface area contributed by atoms with Crippen molar-refractivity contribution < 1.29 is 9.72 Å². The number of nitro groups is 1. The zero-order valence-corrected chi connectivity index (χ0v) is 9.89. The lowest BCUT2D eigenvalue weighted by Gasteiger charge is -2.09. The minimum atomic E-state index is -0.692. The highest BCUT2D eigenvalue weighted by Crippen LogP contribution is 2.32. The van der Waals surface area contributed by atoms with E-state index in [2.05, 4.69) is 5.32 Å². The van der Waals surface area contributed by atoms with Crippen molar-refractivity contribution in [3.05, 3.63) is 39.9 Å². The molecule has 1 aliphatic rings. The maximum atomic E-state index is 11.6. The van der Waals surface area contributed by atoms with Gasteiger partial charge in [-0.3, -0.25) is 14.9 Å². The number of para-hydroxylation sites is 1. The van der Waals surface area contributed by atoms with Gasteiger partial charge in [0.25, 0.3) is 5.69 Å². The molecule has 0 aromatic heterocycles. The van der Waals surface area contributed by atoms with Crippen molar-refractivity contribution in [1.82, 2.24) is 5.32 Å². The molecule has 3 N–H and O–H groups in total. The molecule has 0 atom stereocenters. The smallest absolute Gasteiger partial charge is 0.272 e. The molecule has 1 aliphatic carbocycles. The fraction of sp³-hybridized carbons (Fsp3) is 0.417. The molecule has 2 rings (SSSR count). The molecule has 1 saturated carbocycles. The first kappa shape index (κ1) is 12.5. The summed E-state index contributed by atoms with van der Waals surface area (Å²) in [6.45, 7) is 0.364. The molecule has 96 valence electrons. The minimum Gasteiger partial charge on any atom is -0.354 e. The summed E-state index contributed by atoms with van der Waals surface area (Å²) in [6, 6.07) is 6.52. The van der Waals surface area contributed by atoms with Crippen molar-refractivity contribution in [3.8, 4) is 0 Å². The molecule has 1 aromatic carbocycles. The van der Waals surface area contributed by atoms with E-state index in [9.17, 15) is 14.9 Å². The molecule has 0 bridgehead atoms. The second kappa shape index (κ2) is 4.73. The van der Waals surface area contributed by atoms with Crippen LogP contribution in [0.1, 0.15) is 18.4 Å². The summed E-state index contributed by atoms with van der Waals surface area (Å²) < 4.78 is 0. The third-order valence-electron chi connectivity index (χ3n) is 3.11. The number of nitrogens with two attached hydrogens (primary N) is 1. The number of benzene rings is 1. The van der Waals surface area contributed by atoms with Crippen molar-refractivity contribution in [1.29, 1.82) is 0 Å². The van der Waals surface area contributed by atoms with E-state index in [0.29, 0.717) is 31.4 Å². The molecule has 0 heterocycles. The molecule has 6 heteroatoms. The Hall–Kier alpha value is -1.95. The van der Waals surface area contributed by atoms with Gasteiger partial charge < -0.3 is 11.1 Å². The molecule has 0 radical (unpaired) electrons. The van der Waals surface area contributed by atoms with Gasteiger partial charge in [0.2, 0.25) is 5.91 Å². The number of nitrogens with one attached hydrogen (secondary N) is 1. The Kier molecular flexibility index (Phi) is 3.29. The van der Waals surface area contributed by atoms with Crippen LogP contribution in [0.15, 0.2) is 24.3 Å². The predicted molar refractivity (Wildman–Crippen MR) is 66.0 cm³/mol. The highest BCUT2D eigenvalue weighted by atomic mass is 16.6. The number of carbonyl (C=O) groups excluding carboxylic acids is 1. The number of carbonyl (C=O) groups is 1. The third kappa shape index (κ3) is 2.65. The molecule has 18 heavy (non-hydrogen) atoms. The van der Waals surface area contributed by atoms with E-state index in [1.54, 1.807) is 18.2 Å². The zero-order chi connectivity index (χ0) is 13.2. The van der Waals surface area contributed by atoms with E-state index in [0.717, 1.165) is 0 Å². The van der Waals surface area contributed by atoms with E-state index >= 15 is 0 Å². The number of hydrogen-bond donors (Lipinski definition) is 2. The molecule has 0 spiro atoms. The van der Waals surface area contributed by atoms with Crippen LogP contribution >= 0.6 is 0 Å². The monoisotopic (exact) mass is 249 g/mol. The summed E-state index contributed by atoms with van der Waals surface area (Å²) in [5.74, 6) is -0.166. The number of nitro benzene ring substituents is 1. The van der Waals surface area contributed by atoms with Crippen LogP contribution in [-0.4, -0.2) is 22.9 Å². The van der Waals surface area contributed by atoms with E-state index in [4.69, 9.17) is 5.73 Å². The molecule has 0 saturated heterocycles. The second-order valence-corrected chi connectivity index (χ2v) is 4.55. The molecule has 1 aromatic rings. The highest BCUT2D eigenvalue weighted by Gasteiger charge is 2.45. The number of amides is 1. The maximum Gasteiger partial charge on any atom is 0.272 e. The predicted octanol–water partition coefficient (Wildman–Crippen LogP) is 0.745. The average Bonchev–Trinajstić information content (AvgIpc) is 3.09. The average molecular weight is 249 g/mol. The Morgan fingerprint density at radius 3 is 2.72 bits per heavy atom. The zero-order valence-electron chi connectivity index (χ0n) is 9.89. The molecule has 6 nitrogen and oxygen atoms in total. The quantitative estimate of drug-likeness (QED) is 0.594. The van der Waals surface area contributed by atoms with Crippen molar-refractivity contribution in [2.75, 3.05) is 6.54 Å². The van der Waals surface area contributed by atoms with Crippen LogP contribution in [0.5, 0.6) is 0 Å². The van der Waals surface area contributed by atoms with Gasteiger partial charge in [-0.25, -0.2) is 0 Å². The van der Waals surface area contributed by atoms with Crippen LogP contribution < -0.4 is 11.1 Å². The minimum absolute atomic E-state index is 0.0839. The van der Waals surface area contributed by atoms with Gasteiger partial charge in [0.15, 0.2) is 0 Å². The van der Waals surface area contributed by atoms with Gasteiger partial charge in [0, 0.05) is 18.2 Å². The number of nitrogens with zero attached hydrogens (tertiary/aromatic N) is 1. The largest absolute Gasteiger partial charge is 0.354 e. The van der Waals surface area contributed by atoms with Crippen LogP contribution in [0.2, 0.25) is 0 Å². The van der Waals surface area contributed by atoms with Gasteiger partial charge in [0.05, 0.1) is 10.5 Å². The lowest BCUT2D eigenvalue weighted by molar-refractivity contribution is -0.385. The van der Waals surface area contributed by atoms with Gasteiger partial charge in [0.1, 0.15) is 0 Å². The van der Waals surface area contributed by atoms with Gasteiger partial charge >= 0.3 is 0 Å². The highest BCUT2D eigenvalue weighted by molar-refractivity contribution is 5.88. The first-order valence-electron chi connectivity index (χ1n) is 5.82. The Morgan fingerprint density at radius 1 is 1.44 bits per heavy atom. The number of hydrogen-bond acceptors (Lipinski definition) is 4. The summed E-state index contributed by atoms with van der Waals surface area (Å²) in [5.41, 5.74) is 5.73. The Morgan fingerprint density at radius 2 is 2.11 bits per heavy atom. The molecular weight excluding hydrogens is 234 g/mol. The van der Waals surface area contributed by atoms with Crippen molar-refractivity contribution >= 4 is 11.6 Å². The summed E-state index contributed by atoms with van der Waals surface area (Å²) in [7, 11) is 0. The maximum absolute atomic E-state index is 11.6. The third-order valence-corrected chi connectivity index (χ3v) is 3.11. The summed E-state index contributed by atoms with van der Waals surface area (Å²) in [4.78, 5) is 21.9. The topological polar surface area (TPSA) is 98.3 Å². The fourth-order valence-electron chi connectivity index (χ4n) is 1.75. The van der Waals surface area contributed by atoms with Crippen molar-refractivity contribution in [2.45, 2.75) is 24.8 Å². The van der Waals surface area contributed by atoms with Crippen LogP contribution in [0, 0.1) is 10.1 Å². The lowest BCUT2D eigenvalue weighted by atomic mass is 10.1. The van der Waals surface area contributed by atoms with Gasteiger partial charge in [-0.15, -0.1) is 0 Å². The van der Waals surface area contributed by atoms with Gasteiger partial charge in [-0.2, -0.15) is 0 Å². The van der Waals surface area contributed by atoms with Gasteiger partial charge in [-0.05, 0) is 19.3 Å². The Bertz CT molecular complexity index is 483. The van der Waals surface area contributed by atoms with E-state index in [1.165, 1.54) is 6.07 Å². The molecule has 1 fully saturated rings. The molecule has 0 aliphatic heterocycles. The summed E-state index contributed by atoms with van der Waals surface area (Å²) in [6.07, 6.45) is 1.85. The second-order valence-electron chi connectivity index (χ2n) is 4.55. The van der Waals surface area contributed by atoms with Crippen LogP contribution in [0.3, 0.4) is 0 Å².